The van der Waals surface area contributed by atoms with Crippen LogP contribution in [-0.2, 0) is 9.59 Å². The van der Waals surface area contributed by atoms with Crippen molar-refractivity contribution in [1.29, 1.82) is 0 Å². The van der Waals surface area contributed by atoms with Gasteiger partial charge in [-0.05, 0) is 26.7 Å². The van der Waals surface area contributed by atoms with Gasteiger partial charge in [-0.25, -0.2) is 0 Å². The lowest BCUT2D eigenvalue weighted by molar-refractivity contribution is -0.149. The van der Waals surface area contributed by atoms with Crippen LogP contribution >= 0.6 is 0 Å². The van der Waals surface area contributed by atoms with Crippen LogP contribution in [0.15, 0.2) is 0 Å². The number of hydrogen-bond acceptors (Lipinski definition) is 3. The smallest absolute Gasteiger partial charge is 0.323 e. The normalized spacial score (nSPS) is 15.2. The maximum atomic E-state index is 12.2. The molecule has 0 saturated heterocycles. The fourth-order valence-corrected chi connectivity index (χ4v) is 1.46. The molecule has 0 heterocycles. The first kappa shape index (κ1) is 15.9. The quantitative estimate of drug-likeness (QED) is 0.757. The minimum Gasteiger partial charge on any atom is -0.480 e. The third-order valence-electron chi connectivity index (χ3n) is 2.91. The maximum absolute atomic E-state index is 12.2. The summed E-state index contributed by atoms with van der Waals surface area (Å²) < 4.78 is 0. The SMILES string of the molecule is CC[C@H](C)[C@H](N)C(=O)N(CC(=O)O)C(C)(C)C. The molecule has 0 rings (SSSR count). The number of nitrogens with two attached hydrogens (primary N) is 1. The van der Waals surface area contributed by atoms with Gasteiger partial charge in [0.2, 0.25) is 5.91 Å². The van der Waals surface area contributed by atoms with Gasteiger partial charge in [0.25, 0.3) is 0 Å². The predicted octanol–water partition coefficient (Wildman–Crippen LogP) is 1.07. The van der Waals surface area contributed by atoms with Crippen molar-refractivity contribution in [3.63, 3.8) is 0 Å². The van der Waals surface area contributed by atoms with Gasteiger partial charge in [-0.15, -0.1) is 0 Å². The van der Waals surface area contributed by atoms with E-state index in [0.29, 0.717) is 0 Å². The van der Waals surface area contributed by atoms with E-state index in [-0.39, 0.29) is 18.4 Å². The van der Waals surface area contributed by atoms with Gasteiger partial charge in [0.1, 0.15) is 6.54 Å². The number of carbonyl (C=O) groups excluding carboxylic acids is 1. The molecule has 0 aliphatic heterocycles. The molecule has 0 aromatic heterocycles. The summed E-state index contributed by atoms with van der Waals surface area (Å²) in [5.41, 5.74) is 5.32. The van der Waals surface area contributed by atoms with Crippen molar-refractivity contribution >= 4 is 11.9 Å². The van der Waals surface area contributed by atoms with Gasteiger partial charge < -0.3 is 15.7 Å². The standard InChI is InChI=1S/C12H24N2O3/c1-6-8(2)10(13)11(17)14(7-9(15)16)12(3,4)5/h8,10H,6-7,13H2,1-5H3,(H,15,16)/t8-,10-/m0/s1. The summed E-state index contributed by atoms with van der Waals surface area (Å²) >= 11 is 0. The molecule has 0 aliphatic carbocycles. The Morgan fingerprint density at radius 1 is 1.35 bits per heavy atom. The van der Waals surface area contributed by atoms with Crippen LogP contribution in [0.1, 0.15) is 41.0 Å². The van der Waals surface area contributed by atoms with Crippen molar-refractivity contribution in [2.24, 2.45) is 11.7 Å². The van der Waals surface area contributed by atoms with E-state index in [1.165, 1.54) is 4.90 Å². The average molecular weight is 244 g/mol. The monoisotopic (exact) mass is 244 g/mol. The zero-order valence-corrected chi connectivity index (χ0v) is 11.4. The molecule has 0 spiro atoms. The third kappa shape index (κ3) is 4.73. The summed E-state index contributed by atoms with van der Waals surface area (Å²) in [7, 11) is 0. The molecule has 1 amide bonds. The molecule has 0 aromatic carbocycles. The number of amides is 1. The van der Waals surface area contributed by atoms with Crippen LogP contribution in [0.5, 0.6) is 0 Å². The summed E-state index contributed by atoms with van der Waals surface area (Å²) in [6, 6.07) is -0.640. The molecule has 0 bridgehead atoms. The average Bonchev–Trinajstić information content (AvgIpc) is 2.21. The highest BCUT2D eigenvalue weighted by Gasteiger charge is 2.33. The Bertz CT molecular complexity index is 284. The first-order chi connectivity index (χ1) is 7.61. The molecule has 5 heteroatoms. The van der Waals surface area contributed by atoms with E-state index in [2.05, 4.69) is 0 Å². The number of carboxylic acid groups (broad SMARTS) is 1. The van der Waals surface area contributed by atoms with Crippen LogP contribution in [0.2, 0.25) is 0 Å². The van der Waals surface area contributed by atoms with Gasteiger partial charge in [-0.2, -0.15) is 0 Å². The van der Waals surface area contributed by atoms with Crippen LogP contribution in [0.25, 0.3) is 0 Å². The largest absolute Gasteiger partial charge is 0.480 e. The second kappa shape index (κ2) is 6.00. The van der Waals surface area contributed by atoms with E-state index in [1.54, 1.807) is 20.8 Å². The molecular weight excluding hydrogens is 220 g/mol. The topological polar surface area (TPSA) is 83.6 Å². The number of aliphatic carboxylic acids is 1. The van der Waals surface area contributed by atoms with E-state index < -0.39 is 17.6 Å². The van der Waals surface area contributed by atoms with E-state index >= 15 is 0 Å². The molecular formula is C12H24N2O3. The fraction of sp³-hybridized carbons (Fsp3) is 0.833. The highest BCUT2D eigenvalue weighted by Crippen LogP contribution is 2.17. The number of nitrogens with zero attached hydrogens (tertiary/aromatic N) is 1. The Balaban J connectivity index is 4.94. The summed E-state index contributed by atoms with van der Waals surface area (Å²) in [6.45, 7) is 8.94. The maximum Gasteiger partial charge on any atom is 0.323 e. The van der Waals surface area contributed by atoms with Gasteiger partial charge in [0.15, 0.2) is 0 Å². The van der Waals surface area contributed by atoms with E-state index in [4.69, 9.17) is 10.8 Å². The second-order valence-electron chi connectivity index (χ2n) is 5.40. The van der Waals surface area contributed by atoms with Gasteiger partial charge >= 0.3 is 5.97 Å². The van der Waals surface area contributed by atoms with Crippen molar-refractivity contribution in [2.75, 3.05) is 6.54 Å². The lowest BCUT2D eigenvalue weighted by atomic mass is 9.96. The van der Waals surface area contributed by atoms with Gasteiger partial charge in [-0.3, -0.25) is 9.59 Å². The van der Waals surface area contributed by atoms with Gasteiger partial charge in [-0.1, -0.05) is 20.3 Å². The molecule has 2 atom stereocenters. The van der Waals surface area contributed by atoms with Crippen LogP contribution in [0.4, 0.5) is 0 Å². The molecule has 0 unspecified atom stereocenters. The molecule has 0 aliphatic rings. The summed E-state index contributed by atoms with van der Waals surface area (Å²) in [5, 5.41) is 8.84. The minimum atomic E-state index is -1.02. The fourth-order valence-electron chi connectivity index (χ4n) is 1.46. The molecule has 0 aromatic rings. The highest BCUT2D eigenvalue weighted by molar-refractivity contribution is 5.86. The van der Waals surface area contributed by atoms with Crippen LogP contribution in [-0.4, -0.2) is 40.0 Å². The summed E-state index contributed by atoms with van der Waals surface area (Å²) in [6.07, 6.45) is 0.790. The van der Waals surface area contributed by atoms with Crippen molar-refractivity contribution in [3.8, 4) is 0 Å². The van der Waals surface area contributed by atoms with Crippen molar-refractivity contribution in [1.82, 2.24) is 4.90 Å². The third-order valence-corrected chi connectivity index (χ3v) is 2.91. The van der Waals surface area contributed by atoms with E-state index in [1.807, 2.05) is 13.8 Å². The first-order valence-corrected chi connectivity index (χ1v) is 5.90. The van der Waals surface area contributed by atoms with E-state index in [0.717, 1.165) is 6.42 Å². The number of carboxylic acids is 1. The Hall–Kier alpha value is -1.10. The van der Waals surface area contributed by atoms with Gasteiger partial charge in [0.05, 0.1) is 6.04 Å². The molecule has 3 N–H and O–H groups in total. The predicted molar refractivity (Wildman–Crippen MR) is 66.5 cm³/mol. The Kier molecular flexibility index (Phi) is 5.61. The first-order valence-electron chi connectivity index (χ1n) is 5.90. The van der Waals surface area contributed by atoms with Crippen LogP contribution in [0.3, 0.4) is 0 Å². The molecule has 0 fully saturated rings. The molecule has 0 saturated carbocycles. The summed E-state index contributed by atoms with van der Waals surface area (Å²) in [5.74, 6) is -1.28. The number of rotatable bonds is 5. The van der Waals surface area contributed by atoms with E-state index in [9.17, 15) is 9.59 Å². The number of carbonyl (C=O) groups is 2. The molecule has 5 nitrogen and oxygen atoms in total. The van der Waals surface area contributed by atoms with Crippen molar-refractivity contribution in [3.05, 3.63) is 0 Å². The number of hydrogen-bond donors (Lipinski definition) is 2. The highest BCUT2D eigenvalue weighted by atomic mass is 16.4. The lowest BCUT2D eigenvalue weighted by Crippen LogP contribution is -2.55. The molecule has 17 heavy (non-hydrogen) atoms. The molecule has 100 valence electrons. The summed E-state index contributed by atoms with van der Waals surface area (Å²) in [4.78, 5) is 24.3. The molecule has 0 radical (unpaired) electrons. The van der Waals surface area contributed by atoms with Gasteiger partial charge in [0, 0.05) is 5.54 Å². The Labute approximate surface area is 103 Å². The van der Waals surface area contributed by atoms with Crippen LogP contribution in [0, 0.1) is 5.92 Å². The Morgan fingerprint density at radius 3 is 2.12 bits per heavy atom. The van der Waals surface area contributed by atoms with Crippen LogP contribution < -0.4 is 5.73 Å². The van der Waals surface area contributed by atoms with Crippen molar-refractivity contribution in [2.45, 2.75) is 52.6 Å². The zero-order chi connectivity index (χ0) is 13.8. The minimum absolute atomic E-state index is 0.0427. The van der Waals surface area contributed by atoms with Crippen molar-refractivity contribution < 1.29 is 14.7 Å². The Morgan fingerprint density at radius 2 is 1.82 bits per heavy atom. The zero-order valence-electron chi connectivity index (χ0n) is 11.4. The second-order valence-corrected chi connectivity index (χ2v) is 5.40. The lowest BCUT2D eigenvalue weighted by Gasteiger charge is -2.37.